The zero-order chi connectivity index (χ0) is 25.9. The number of likely N-dealkylation sites (tertiary alicyclic amines) is 1. The molecule has 0 saturated carbocycles. The predicted octanol–water partition coefficient (Wildman–Crippen LogP) is 4.71. The minimum atomic E-state index is -0.298. The minimum Gasteiger partial charge on any atom is -0.490 e. The zero-order valence-corrected chi connectivity index (χ0v) is 21.7. The summed E-state index contributed by atoms with van der Waals surface area (Å²) in [7, 11) is 1.63. The molecule has 2 aromatic rings. The molecule has 3 aliphatic rings. The number of ether oxygens (including phenoxy) is 3. The van der Waals surface area contributed by atoms with Gasteiger partial charge in [0.15, 0.2) is 6.61 Å². The molecule has 2 aromatic carbocycles. The molecule has 0 radical (unpaired) electrons. The molecule has 0 aromatic heterocycles. The van der Waals surface area contributed by atoms with E-state index in [0.717, 1.165) is 38.5 Å². The summed E-state index contributed by atoms with van der Waals surface area (Å²) in [6.07, 6.45) is 5.06. The fourth-order valence-corrected chi connectivity index (χ4v) is 6.14. The first-order chi connectivity index (χ1) is 17.9. The summed E-state index contributed by atoms with van der Waals surface area (Å²) in [6, 6.07) is 11.1. The van der Waals surface area contributed by atoms with Crippen molar-refractivity contribution in [1.29, 1.82) is 0 Å². The number of carbonyl (C=O) groups is 2. The number of hydrogen-bond donors (Lipinski definition) is 0. The van der Waals surface area contributed by atoms with Gasteiger partial charge in [-0.2, -0.15) is 0 Å². The first-order valence-corrected chi connectivity index (χ1v) is 13.3. The number of fused-ring (bicyclic) bond motifs is 2. The Balaban J connectivity index is 1.22. The lowest BCUT2D eigenvalue weighted by Gasteiger charge is -2.38. The fourth-order valence-electron chi connectivity index (χ4n) is 5.97. The van der Waals surface area contributed by atoms with Crippen molar-refractivity contribution in [1.82, 2.24) is 9.80 Å². The number of piperidine rings is 1. The highest BCUT2D eigenvalue weighted by atomic mass is 35.5. The molecule has 9 heteroatoms. The molecule has 3 atom stereocenters. The molecule has 3 saturated heterocycles. The Hall–Kier alpha value is -2.84. The van der Waals surface area contributed by atoms with E-state index < -0.39 is 0 Å². The van der Waals surface area contributed by atoms with Crippen LogP contribution in [-0.4, -0.2) is 72.7 Å². The molecule has 0 N–H and O–H groups in total. The fraction of sp³-hybridized carbons (Fsp3) is 0.500. The van der Waals surface area contributed by atoms with Crippen LogP contribution in [0.3, 0.4) is 0 Å². The topological polar surface area (TPSA) is 68.3 Å². The maximum Gasteiger partial charge on any atom is 0.261 e. The Kier molecular flexibility index (Phi) is 7.86. The Bertz CT molecular complexity index is 1120. The highest BCUT2D eigenvalue weighted by Gasteiger charge is 2.44. The third kappa shape index (κ3) is 5.70. The van der Waals surface area contributed by atoms with Gasteiger partial charge in [0.05, 0.1) is 18.2 Å². The van der Waals surface area contributed by atoms with Crippen molar-refractivity contribution in [2.75, 3.05) is 26.9 Å². The standard InChI is InChI=1S/C28H32ClFN2O5/c1-35-16-22-3-2-12-31(22)28(34)25-13-18(29)4-11-26(25)36-17-27(33)32-20-7-8-21(32)15-24(14-20)37-23-9-5-19(30)6-10-23/h4-6,9-11,13,20-22,24H,2-3,7-8,12,14-17H2,1H3/t20?,21?,22-,24?/m0/s1. The SMILES string of the molecule is COC[C@@H]1CCCN1C(=O)c1cc(Cl)ccc1OCC(=O)N1C2CCC1CC(Oc1ccc(F)cc1)C2. The van der Waals surface area contributed by atoms with Gasteiger partial charge in [-0.25, -0.2) is 4.39 Å². The van der Waals surface area contributed by atoms with Crippen LogP contribution in [0.4, 0.5) is 4.39 Å². The summed E-state index contributed by atoms with van der Waals surface area (Å²) in [4.78, 5) is 30.4. The van der Waals surface area contributed by atoms with Gasteiger partial charge in [0.2, 0.25) is 0 Å². The number of nitrogens with zero attached hydrogens (tertiary/aromatic N) is 2. The molecular formula is C28H32ClFN2O5. The third-order valence-electron chi connectivity index (χ3n) is 7.61. The monoisotopic (exact) mass is 530 g/mol. The van der Waals surface area contributed by atoms with E-state index in [1.807, 2.05) is 4.90 Å². The van der Waals surface area contributed by atoms with Crippen LogP contribution < -0.4 is 9.47 Å². The van der Waals surface area contributed by atoms with Crippen LogP contribution in [-0.2, 0) is 9.53 Å². The number of benzene rings is 2. The second-order valence-electron chi connectivity index (χ2n) is 10.0. The van der Waals surface area contributed by atoms with Crippen molar-refractivity contribution in [3.05, 3.63) is 58.9 Å². The van der Waals surface area contributed by atoms with E-state index in [-0.39, 0.29) is 48.5 Å². The molecular weight excluding hydrogens is 499 g/mol. The number of methoxy groups -OCH3 is 1. The van der Waals surface area contributed by atoms with Gasteiger partial charge in [0.1, 0.15) is 23.4 Å². The van der Waals surface area contributed by atoms with Gasteiger partial charge in [-0.3, -0.25) is 9.59 Å². The number of hydrogen-bond acceptors (Lipinski definition) is 5. The van der Waals surface area contributed by atoms with E-state index >= 15 is 0 Å². The van der Waals surface area contributed by atoms with E-state index in [0.29, 0.717) is 35.2 Å². The largest absolute Gasteiger partial charge is 0.490 e. The summed E-state index contributed by atoms with van der Waals surface area (Å²) in [5.41, 5.74) is 0.359. The van der Waals surface area contributed by atoms with Gasteiger partial charge >= 0.3 is 0 Å². The van der Waals surface area contributed by atoms with Gasteiger partial charge in [-0.15, -0.1) is 0 Å². The van der Waals surface area contributed by atoms with Crippen LogP contribution in [0.15, 0.2) is 42.5 Å². The number of halogens is 2. The first-order valence-electron chi connectivity index (χ1n) is 12.9. The number of rotatable bonds is 8. The quantitative estimate of drug-likeness (QED) is 0.494. The molecule has 3 heterocycles. The summed E-state index contributed by atoms with van der Waals surface area (Å²) in [6.45, 7) is 0.973. The van der Waals surface area contributed by atoms with Crippen molar-refractivity contribution < 1.29 is 28.2 Å². The second kappa shape index (κ2) is 11.3. The highest BCUT2D eigenvalue weighted by Crippen LogP contribution is 2.37. The van der Waals surface area contributed by atoms with Crippen LogP contribution in [0.5, 0.6) is 11.5 Å². The molecule has 2 unspecified atom stereocenters. The first kappa shape index (κ1) is 25.8. The van der Waals surface area contributed by atoms with E-state index in [9.17, 15) is 14.0 Å². The minimum absolute atomic E-state index is 0.0139. The highest BCUT2D eigenvalue weighted by molar-refractivity contribution is 6.31. The molecule has 2 amide bonds. The lowest BCUT2D eigenvalue weighted by Crippen LogP contribution is -2.50. The van der Waals surface area contributed by atoms with Crippen LogP contribution in [0.1, 0.15) is 48.9 Å². The summed E-state index contributed by atoms with van der Waals surface area (Å²) in [5, 5.41) is 0.436. The molecule has 2 bridgehead atoms. The molecule has 7 nitrogen and oxygen atoms in total. The average molecular weight is 531 g/mol. The van der Waals surface area contributed by atoms with Crippen molar-refractivity contribution >= 4 is 23.4 Å². The third-order valence-corrected chi connectivity index (χ3v) is 7.85. The lowest BCUT2D eigenvalue weighted by atomic mass is 9.99. The Labute approximate surface area is 221 Å². The van der Waals surface area contributed by atoms with Gasteiger partial charge in [0, 0.05) is 43.6 Å². The molecule has 37 heavy (non-hydrogen) atoms. The van der Waals surface area contributed by atoms with Crippen LogP contribution in [0, 0.1) is 5.82 Å². The molecule has 3 fully saturated rings. The lowest BCUT2D eigenvalue weighted by molar-refractivity contribution is -0.139. The maximum atomic E-state index is 13.4. The summed E-state index contributed by atoms with van der Waals surface area (Å²) in [5.74, 6) is 0.434. The normalized spacial score (nSPS) is 24.8. The average Bonchev–Trinajstić information content (AvgIpc) is 3.46. The Morgan fingerprint density at radius 1 is 1.05 bits per heavy atom. The van der Waals surface area contributed by atoms with Gasteiger partial charge in [0.25, 0.3) is 11.8 Å². The van der Waals surface area contributed by atoms with E-state index in [2.05, 4.69) is 0 Å². The molecule has 5 rings (SSSR count). The zero-order valence-electron chi connectivity index (χ0n) is 20.9. The summed E-state index contributed by atoms with van der Waals surface area (Å²) >= 11 is 6.22. The van der Waals surface area contributed by atoms with Crippen molar-refractivity contribution in [2.45, 2.75) is 62.8 Å². The number of carbonyl (C=O) groups excluding carboxylic acids is 2. The van der Waals surface area contributed by atoms with Crippen molar-refractivity contribution in [2.24, 2.45) is 0 Å². The molecule has 198 valence electrons. The second-order valence-corrected chi connectivity index (χ2v) is 10.5. The van der Waals surface area contributed by atoms with Crippen molar-refractivity contribution in [3.8, 4) is 11.5 Å². The Morgan fingerprint density at radius 3 is 2.49 bits per heavy atom. The van der Waals surface area contributed by atoms with E-state index in [1.165, 1.54) is 12.1 Å². The number of amides is 2. The van der Waals surface area contributed by atoms with E-state index in [1.54, 1.807) is 42.3 Å². The molecule has 0 aliphatic carbocycles. The van der Waals surface area contributed by atoms with E-state index in [4.69, 9.17) is 25.8 Å². The Morgan fingerprint density at radius 2 is 1.78 bits per heavy atom. The van der Waals surface area contributed by atoms with Crippen LogP contribution in [0.2, 0.25) is 5.02 Å². The van der Waals surface area contributed by atoms with Gasteiger partial charge in [-0.05, 0) is 68.1 Å². The van der Waals surface area contributed by atoms with Crippen molar-refractivity contribution in [3.63, 3.8) is 0 Å². The molecule has 3 aliphatic heterocycles. The van der Waals surface area contributed by atoms with Gasteiger partial charge in [-0.1, -0.05) is 11.6 Å². The molecule has 0 spiro atoms. The van der Waals surface area contributed by atoms with Crippen LogP contribution >= 0.6 is 11.6 Å². The predicted molar refractivity (Wildman–Crippen MR) is 137 cm³/mol. The van der Waals surface area contributed by atoms with Gasteiger partial charge < -0.3 is 24.0 Å². The maximum absolute atomic E-state index is 13.4. The summed E-state index contributed by atoms with van der Waals surface area (Å²) < 4.78 is 30.5. The van der Waals surface area contributed by atoms with Crippen LogP contribution in [0.25, 0.3) is 0 Å². The smallest absolute Gasteiger partial charge is 0.261 e.